The second kappa shape index (κ2) is 5.69. The minimum absolute atomic E-state index is 0.0202. The summed E-state index contributed by atoms with van der Waals surface area (Å²) in [7, 11) is -4.39. The summed E-state index contributed by atoms with van der Waals surface area (Å²) in [5.41, 5.74) is 0.179. The van der Waals surface area contributed by atoms with Crippen molar-refractivity contribution in [1.82, 2.24) is 0 Å². The lowest BCUT2D eigenvalue weighted by Gasteiger charge is -2.62. The molecule has 0 aromatic rings. The van der Waals surface area contributed by atoms with E-state index >= 15 is 0 Å². The highest BCUT2D eigenvalue weighted by molar-refractivity contribution is 7.80. The largest absolute Gasteiger partial charge is 0.458 e. The van der Waals surface area contributed by atoms with Crippen LogP contribution >= 0.6 is 0 Å². The normalized spacial score (nSPS) is 61.0. The molecule has 0 aromatic carbocycles. The molecule has 1 heterocycles. The summed E-state index contributed by atoms with van der Waals surface area (Å²) in [6, 6.07) is 0. The molecule has 1 aliphatic heterocycles. The molecule has 7 heteroatoms. The molecule has 6 aliphatic carbocycles. The summed E-state index contributed by atoms with van der Waals surface area (Å²) < 4.78 is 43.1. The van der Waals surface area contributed by atoms with Gasteiger partial charge in [-0.1, -0.05) is 13.8 Å². The van der Waals surface area contributed by atoms with E-state index in [-0.39, 0.29) is 28.5 Å². The zero-order valence-corrected chi connectivity index (χ0v) is 19.3. The monoisotopic (exact) mass is 450 g/mol. The first kappa shape index (κ1) is 19.8. The molecule has 1 spiro atoms. The first-order chi connectivity index (χ1) is 14.6. The Morgan fingerprint density at radius 1 is 0.968 bits per heavy atom. The van der Waals surface area contributed by atoms with Crippen molar-refractivity contribution in [3.8, 4) is 0 Å². The van der Waals surface area contributed by atoms with E-state index in [2.05, 4.69) is 13.8 Å². The van der Waals surface area contributed by atoms with Gasteiger partial charge >= 0.3 is 16.4 Å². The molecule has 6 saturated carbocycles. The highest BCUT2D eigenvalue weighted by Crippen LogP contribution is 2.82. The van der Waals surface area contributed by atoms with Crippen molar-refractivity contribution in [2.75, 3.05) is 0 Å². The molecule has 172 valence electrons. The van der Waals surface area contributed by atoms with E-state index in [9.17, 15) is 17.8 Å². The zero-order chi connectivity index (χ0) is 21.6. The van der Waals surface area contributed by atoms with Crippen LogP contribution in [0, 0.1) is 58.2 Å². The number of rotatable bonds is 2. The number of carbonyl (C=O) groups excluding carboxylic acids is 1. The van der Waals surface area contributed by atoms with E-state index in [1.54, 1.807) is 0 Å². The van der Waals surface area contributed by atoms with Gasteiger partial charge in [0.25, 0.3) is 0 Å². The number of ether oxygens (including phenoxy) is 1. The molecule has 0 bridgehead atoms. The van der Waals surface area contributed by atoms with Gasteiger partial charge in [-0.15, -0.1) is 0 Å². The second-order valence-electron chi connectivity index (χ2n) is 12.6. The smallest absolute Gasteiger partial charge is 0.397 e. The highest BCUT2D eigenvalue weighted by atomic mass is 32.3. The van der Waals surface area contributed by atoms with Crippen LogP contribution in [-0.4, -0.2) is 30.6 Å². The van der Waals surface area contributed by atoms with Crippen molar-refractivity contribution < 1.29 is 26.7 Å². The molecule has 0 amide bonds. The van der Waals surface area contributed by atoms with Crippen LogP contribution in [0.25, 0.3) is 0 Å². The van der Waals surface area contributed by atoms with Crippen molar-refractivity contribution in [2.24, 2.45) is 58.2 Å². The average Bonchev–Trinajstić information content (AvgIpc) is 3.58. The lowest BCUT2D eigenvalue weighted by atomic mass is 9.43. The number of fused-ring (bicyclic) bond motifs is 12. The van der Waals surface area contributed by atoms with E-state index < -0.39 is 10.4 Å². The molecule has 7 fully saturated rings. The summed E-state index contributed by atoms with van der Waals surface area (Å²) in [6.07, 6.45) is 8.48. The third kappa shape index (κ3) is 2.36. The summed E-state index contributed by atoms with van der Waals surface area (Å²) >= 11 is 0. The van der Waals surface area contributed by atoms with E-state index in [1.165, 1.54) is 19.3 Å². The van der Waals surface area contributed by atoms with Gasteiger partial charge in [0.15, 0.2) is 0 Å². The number of esters is 1. The Balaban J connectivity index is 1.21. The van der Waals surface area contributed by atoms with Crippen LogP contribution in [0.5, 0.6) is 0 Å². The molecule has 0 radical (unpaired) electrons. The molecule has 1 N–H and O–H groups in total. The Morgan fingerprint density at radius 2 is 1.77 bits per heavy atom. The Hall–Kier alpha value is -0.660. The minimum Gasteiger partial charge on any atom is -0.458 e. The number of hydrogen-bond donors (Lipinski definition) is 1. The van der Waals surface area contributed by atoms with Crippen molar-refractivity contribution in [3.05, 3.63) is 0 Å². The van der Waals surface area contributed by atoms with Gasteiger partial charge in [0, 0.05) is 17.8 Å². The van der Waals surface area contributed by atoms with Gasteiger partial charge < -0.3 is 4.74 Å². The first-order valence-electron chi connectivity index (χ1n) is 12.4. The van der Waals surface area contributed by atoms with Gasteiger partial charge in [-0.2, -0.15) is 8.42 Å². The summed E-state index contributed by atoms with van der Waals surface area (Å²) in [5, 5.41) is 0. The predicted molar refractivity (Wildman–Crippen MR) is 111 cm³/mol. The molecular formula is C24H34O6S. The van der Waals surface area contributed by atoms with Crippen molar-refractivity contribution in [3.63, 3.8) is 0 Å². The molecule has 7 aliphatic rings. The van der Waals surface area contributed by atoms with Gasteiger partial charge in [-0.25, -0.2) is 4.18 Å². The van der Waals surface area contributed by atoms with E-state index in [0.717, 1.165) is 43.4 Å². The molecule has 31 heavy (non-hydrogen) atoms. The third-order valence-electron chi connectivity index (χ3n) is 11.8. The molecule has 7 rings (SSSR count). The van der Waals surface area contributed by atoms with E-state index in [0.29, 0.717) is 42.4 Å². The predicted octanol–water partition coefficient (Wildman–Crippen LogP) is 4.00. The summed E-state index contributed by atoms with van der Waals surface area (Å²) in [4.78, 5) is 12.2. The Kier molecular flexibility index (Phi) is 3.63. The summed E-state index contributed by atoms with van der Waals surface area (Å²) in [5.74, 6) is 5.36. The highest BCUT2D eigenvalue weighted by Gasteiger charge is 2.81. The van der Waals surface area contributed by atoms with Crippen LogP contribution in [0.1, 0.15) is 71.6 Å². The first-order valence-corrected chi connectivity index (χ1v) is 13.8. The van der Waals surface area contributed by atoms with Gasteiger partial charge in [0.2, 0.25) is 0 Å². The van der Waals surface area contributed by atoms with Crippen LogP contribution in [0.4, 0.5) is 0 Å². The molecule has 1 saturated heterocycles. The van der Waals surface area contributed by atoms with Crippen molar-refractivity contribution >= 4 is 16.4 Å². The van der Waals surface area contributed by atoms with Crippen LogP contribution in [-0.2, 0) is 24.1 Å². The van der Waals surface area contributed by atoms with Gasteiger partial charge in [0.05, 0.1) is 6.10 Å². The van der Waals surface area contributed by atoms with Gasteiger partial charge in [-0.3, -0.25) is 9.35 Å². The van der Waals surface area contributed by atoms with Crippen LogP contribution in [0.2, 0.25) is 0 Å². The van der Waals surface area contributed by atoms with E-state index in [4.69, 9.17) is 8.92 Å². The van der Waals surface area contributed by atoms with Gasteiger partial charge in [0.1, 0.15) is 5.60 Å². The minimum atomic E-state index is -4.39. The lowest BCUT2D eigenvalue weighted by Crippen LogP contribution is -2.59. The average molecular weight is 451 g/mol. The second-order valence-corrected chi connectivity index (χ2v) is 13.7. The maximum absolute atomic E-state index is 12.2. The fourth-order valence-electron chi connectivity index (χ4n) is 10.8. The van der Waals surface area contributed by atoms with E-state index in [1.807, 2.05) is 0 Å². The number of carbonyl (C=O) groups is 1. The maximum Gasteiger partial charge on any atom is 0.397 e. The SMILES string of the molecule is C[C@]12CCC(OS(=O)(=O)O)CC1[C@@H]1C[C@@H]1[C@H]1[C@@H]3[C@@H]4C[C@@H]4[C@@]4(CCC(=O)O4)[C@@]3(C)CC[C@@H]12. The molecule has 2 unspecified atom stereocenters. The summed E-state index contributed by atoms with van der Waals surface area (Å²) in [6.45, 7) is 4.93. The fraction of sp³-hybridized carbons (Fsp3) is 0.958. The molecule has 12 atom stereocenters. The fourth-order valence-corrected chi connectivity index (χ4v) is 11.3. The lowest BCUT2D eigenvalue weighted by molar-refractivity contribution is -0.187. The maximum atomic E-state index is 12.2. The Labute approximate surface area is 184 Å². The molecule has 0 aromatic heterocycles. The van der Waals surface area contributed by atoms with Gasteiger partial charge in [-0.05, 0) is 98.2 Å². The topological polar surface area (TPSA) is 89.9 Å². The van der Waals surface area contributed by atoms with Crippen LogP contribution < -0.4 is 0 Å². The Morgan fingerprint density at radius 3 is 2.48 bits per heavy atom. The quantitative estimate of drug-likeness (QED) is 0.505. The number of hydrogen-bond acceptors (Lipinski definition) is 5. The van der Waals surface area contributed by atoms with Crippen LogP contribution in [0.15, 0.2) is 0 Å². The van der Waals surface area contributed by atoms with Crippen LogP contribution in [0.3, 0.4) is 0 Å². The standard InChI is InChI=1S/C24H34O6S/c1-22-6-3-12(30-31(26,27)28)9-17(22)13-10-14(13)20-16(22)4-7-23(2)21(20)15-11-18(15)24(23)8-5-19(25)29-24/h12-18,20-21H,3-11H2,1-2H3,(H,26,27,28)/t12?,13-,14+,15-,16+,17?,18+,20-,21+,22-,23+,24+/m1/s1. The zero-order valence-electron chi connectivity index (χ0n) is 18.5. The van der Waals surface area contributed by atoms with Crippen molar-refractivity contribution in [1.29, 1.82) is 0 Å². The molecule has 6 nitrogen and oxygen atoms in total. The van der Waals surface area contributed by atoms with Crippen molar-refractivity contribution in [2.45, 2.75) is 83.3 Å². The Bertz CT molecular complexity index is 963. The molecular weight excluding hydrogens is 416 g/mol. The third-order valence-corrected chi connectivity index (χ3v) is 12.3.